The number of aromatic nitrogens is 3. The fraction of sp³-hybridized carbons (Fsp3) is 0.391. The second-order valence-corrected chi connectivity index (χ2v) is 8.56. The van der Waals surface area contributed by atoms with Crippen LogP contribution in [0.25, 0.3) is 11.4 Å². The zero-order valence-electron chi connectivity index (χ0n) is 16.5. The number of rotatable bonds is 6. The number of H-pyrrole nitrogens is 1. The fourth-order valence-corrected chi connectivity index (χ4v) is 4.46. The Balaban J connectivity index is 1.70. The number of ether oxygens (including phenoxy) is 1. The third-order valence-electron chi connectivity index (χ3n) is 5.80. The van der Waals surface area contributed by atoms with Crippen LogP contribution in [0.15, 0.2) is 59.8 Å². The normalized spacial score (nSPS) is 17.4. The molecule has 0 radical (unpaired) electrons. The third kappa shape index (κ3) is 4.01. The monoisotopic (exact) mass is 393 g/mol. The maximum absolute atomic E-state index is 5.58. The summed E-state index contributed by atoms with van der Waals surface area (Å²) in [7, 11) is 0. The molecule has 1 atom stereocenters. The van der Waals surface area contributed by atoms with E-state index in [0.717, 1.165) is 49.6 Å². The van der Waals surface area contributed by atoms with Crippen LogP contribution in [-0.4, -0.2) is 34.4 Å². The molecular formula is C23H27N3OS. The van der Waals surface area contributed by atoms with Crippen molar-refractivity contribution in [2.45, 2.75) is 36.5 Å². The van der Waals surface area contributed by atoms with Gasteiger partial charge >= 0.3 is 0 Å². The van der Waals surface area contributed by atoms with E-state index in [4.69, 9.17) is 9.72 Å². The van der Waals surface area contributed by atoms with Crippen LogP contribution in [0, 0.1) is 5.92 Å². The van der Waals surface area contributed by atoms with E-state index in [-0.39, 0.29) is 5.41 Å². The molecule has 4 nitrogen and oxygen atoms in total. The summed E-state index contributed by atoms with van der Waals surface area (Å²) >= 11 is 1.73. The number of nitrogens with one attached hydrogen (secondary N) is 1. The van der Waals surface area contributed by atoms with Crippen LogP contribution in [0.2, 0.25) is 0 Å². The van der Waals surface area contributed by atoms with Crippen molar-refractivity contribution in [3.63, 3.8) is 0 Å². The summed E-state index contributed by atoms with van der Waals surface area (Å²) in [5.74, 6) is 0.641. The van der Waals surface area contributed by atoms with E-state index in [1.54, 1.807) is 11.8 Å². The molecule has 0 bridgehead atoms. The highest BCUT2D eigenvalue weighted by Gasteiger charge is 2.35. The van der Waals surface area contributed by atoms with Gasteiger partial charge in [-0.25, -0.2) is 0 Å². The van der Waals surface area contributed by atoms with Crippen molar-refractivity contribution in [1.82, 2.24) is 15.0 Å². The molecule has 0 spiro atoms. The van der Waals surface area contributed by atoms with Gasteiger partial charge in [0, 0.05) is 36.2 Å². The molecule has 1 fully saturated rings. The van der Waals surface area contributed by atoms with Gasteiger partial charge in [0.2, 0.25) is 0 Å². The molecule has 4 heterocycles. The first-order chi connectivity index (χ1) is 13.7. The van der Waals surface area contributed by atoms with E-state index in [9.17, 15) is 0 Å². The largest absolute Gasteiger partial charge is 0.381 e. The quantitative estimate of drug-likeness (QED) is 0.576. The second-order valence-electron chi connectivity index (χ2n) is 7.68. The average Bonchev–Trinajstić information content (AvgIpc) is 3.26. The van der Waals surface area contributed by atoms with Crippen LogP contribution in [0.1, 0.15) is 37.6 Å². The Kier molecular flexibility index (Phi) is 5.83. The van der Waals surface area contributed by atoms with Gasteiger partial charge in [0.1, 0.15) is 0 Å². The lowest BCUT2D eigenvalue weighted by atomic mass is 9.73. The molecule has 0 amide bonds. The van der Waals surface area contributed by atoms with Gasteiger partial charge in [0.05, 0.1) is 22.5 Å². The Hall–Kier alpha value is -2.11. The van der Waals surface area contributed by atoms with Crippen LogP contribution in [-0.2, 0) is 10.2 Å². The van der Waals surface area contributed by atoms with E-state index < -0.39 is 0 Å². The van der Waals surface area contributed by atoms with Gasteiger partial charge in [-0.15, -0.1) is 11.8 Å². The number of hydrogen-bond donors (Lipinski definition) is 1. The summed E-state index contributed by atoms with van der Waals surface area (Å²) in [6.45, 7) is 4.05. The van der Waals surface area contributed by atoms with Gasteiger partial charge < -0.3 is 9.72 Å². The second kappa shape index (κ2) is 8.50. The number of pyridine rings is 2. The summed E-state index contributed by atoms with van der Waals surface area (Å²) < 4.78 is 5.58. The van der Waals surface area contributed by atoms with Crippen molar-refractivity contribution in [2.24, 2.45) is 5.92 Å². The predicted octanol–water partition coefficient (Wildman–Crippen LogP) is 5.32. The van der Waals surface area contributed by atoms with E-state index in [1.165, 1.54) is 10.6 Å². The van der Waals surface area contributed by atoms with E-state index in [1.807, 2.05) is 30.6 Å². The van der Waals surface area contributed by atoms with Crippen molar-refractivity contribution in [1.29, 1.82) is 0 Å². The molecule has 1 unspecified atom stereocenters. The molecule has 0 aromatic carbocycles. The maximum atomic E-state index is 5.58. The summed E-state index contributed by atoms with van der Waals surface area (Å²) in [4.78, 5) is 14.2. The van der Waals surface area contributed by atoms with Crippen molar-refractivity contribution in [3.8, 4) is 11.4 Å². The van der Waals surface area contributed by atoms with Crippen molar-refractivity contribution < 1.29 is 4.74 Å². The molecule has 1 N–H and O–H groups in total. The van der Waals surface area contributed by atoms with Crippen LogP contribution >= 0.6 is 11.8 Å². The molecule has 0 aliphatic carbocycles. The number of thioether (sulfide) groups is 1. The fourth-order valence-electron chi connectivity index (χ4n) is 4.10. The lowest BCUT2D eigenvalue weighted by molar-refractivity contribution is 0.0584. The minimum Gasteiger partial charge on any atom is -0.381 e. The van der Waals surface area contributed by atoms with Gasteiger partial charge in [0.15, 0.2) is 0 Å². The van der Waals surface area contributed by atoms with Crippen LogP contribution in [0.3, 0.4) is 0 Å². The van der Waals surface area contributed by atoms with E-state index in [2.05, 4.69) is 47.4 Å². The Morgan fingerprint density at radius 3 is 2.64 bits per heavy atom. The molecular weight excluding hydrogens is 366 g/mol. The summed E-state index contributed by atoms with van der Waals surface area (Å²) in [6, 6.07) is 14.7. The van der Waals surface area contributed by atoms with Crippen LogP contribution in [0.4, 0.5) is 0 Å². The van der Waals surface area contributed by atoms with Crippen LogP contribution < -0.4 is 0 Å². The van der Waals surface area contributed by atoms with Crippen molar-refractivity contribution in [3.05, 3.63) is 66.2 Å². The molecule has 1 aliphatic heterocycles. The molecule has 3 aromatic rings. The van der Waals surface area contributed by atoms with Gasteiger partial charge in [-0.1, -0.05) is 6.07 Å². The smallest absolute Gasteiger partial charge is 0.0864 e. The zero-order valence-corrected chi connectivity index (χ0v) is 17.3. The van der Waals surface area contributed by atoms with Crippen molar-refractivity contribution >= 4 is 11.8 Å². The van der Waals surface area contributed by atoms with E-state index >= 15 is 0 Å². The number of hydrogen-bond acceptors (Lipinski definition) is 4. The Bertz CT molecular complexity index is 888. The van der Waals surface area contributed by atoms with Crippen molar-refractivity contribution in [2.75, 3.05) is 19.5 Å². The first kappa shape index (κ1) is 19.2. The highest BCUT2D eigenvalue weighted by atomic mass is 32.2. The minimum atomic E-state index is -0.175. The molecule has 4 rings (SSSR count). The summed E-state index contributed by atoms with van der Waals surface area (Å²) in [5.41, 5.74) is 4.16. The van der Waals surface area contributed by atoms with Gasteiger partial charge in [-0.2, -0.15) is 0 Å². The molecule has 1 saturated heterocycles. The lowest BCUT2D eigenvalue weighted by Gasteiger charge is -2.34. The lowest BCUT2D eigenvalue weighted by Crippen LogP contribution is -2.31. The SMILES string of the molecule is CSc1ccc(C(C)(CC2CCOCC2)c2ccc(-c3ccccn3)[nH]2)nc1. The number of aromatic amines is 1. The molecule has 1 aliphatic rings. The molecule has 28 heavy (non-hydrogen) atoms. The first-order valence-electron chi connectivity index (χ1n) is 9.88. The molecule has 3 aromatic heterocycles. The third-order valence-corrected chi connectivity index (χ3v) is 6.51. The Labute approximate surface area is 171 Å². The summed E-state index contributed by atoms with van der Waals surface area (Å²) in [5, 5.41) is 0. The highest BCUT2D eigenvalue weighted by Crippen LogP contribution is 2.40. The standard InChI is InChI=1S/C23H27N3OS/c1-23(15-17-10-13-27-14-11-17,21-8-6-18(28-2)16-25-21)22-9-7-20(26-22)19-5-3-4-12-24-19/h3-9,12,16-17,26H,10-11,13-15H2,1-2H3. The maximum Gasteiger partial charge on any atom is 0.0864 e. The molecule has 5 heteroatoms. The van der Waals surface area contributed by atoms with Gasteiger partial charge in [0.25, 0.3) is 0 Å². The summed E-state index contributed by atoms with van der Waals surface area (Å²) in [6.07, 6.45) is 9.20. The predicted molar refractivity (Wildman–Crippen MR) is 115 cm³/mol. The average molecular weight is 394 g/mol. The zero-order chi connectivity index (χ0) is 19.4. The number of nitrogens with zero attached hydrogens (tertiary/aromatic N) is 2. The van der Waals surface area contributed by atoms with Gasteiger partial charge in [-0.3, -0.25) is 9.97 Å². The topological polar surface area (TPSA) is 50.8 Å². The van der Waals surface area contributed by atoms with E-state index in [0.29, 0.717) is 5.92 Å². The Morgan fingerprint density at radius 1 is 1.11 bits per heavy atom. The van der Waals surface area contributed by atoms with Gasteiger partial charge in [-0.05, 0) is 74.8 Å². The minimum absolute atomic E-state index is 0.175. The molecule has 0 saturated carbocycles. The Morgan fingerprint density at radius 2 is 1.96 bits per heavy atom. The van der Waals surface area contributed by atoms with Crippen LogP contribution in [0.5, 0.6) is 0 Å². The first-order valence-corrected chi connectivity index (χ1v) is 11.1. The highest BCUT2D eigenvalue weighted by molar-refractivity contribution is 7.98. The molecule has 146 valence electrons.